The molecule has 7 heteroatoms. The van der Waals surface area contributed by atoms with E-state index in [-0.39, 0.29) is 18.4 Å². The average molecular weight is 386 g/mol. The van der Waals surface area contributed by atoms with Crippen LogP contribution in [0.1, 0.15) is 24.2 Å². The molecule has 0 saturated carbocycles. The average Bonchev–Trinajstić information content (AvgIpc) is 2.71. The van der Waals surface area contributed by atoms with Gasteiger partial charge in [0.1, 0.15) is 5.75 Å². The van der Waals surface area contributed by atoms with Gasteiger partial charge >= 0.3 is 0 Å². The van der Waals surface area contributed by atoms with E-state index in [0.29, 0.717) is 41.7 Å². The van der Waals surface area contributed by atoms with E-state index in [1.165, 1.54) is 21.1 Å². The Morgan fingerprint density at radius 1 is 1.00 bits per heavy atom. The fourth-order valence-electron chi connectivity index (χ4n) is 2.77. The van der Waals surface area contributed by atoms with E-state index in [4.69, 9.17) is 14.2 Å². The maximum Gasteiger partial charge on any atom is 0.251 e. The summed E-state index contributed by atoms with van der Waals surface area (Å²) in [5.41, 5.74) is 1.12. The molecule has 2 rings (SSSR count). The van der Waals surface area contributed by atoms with Crippen molar-refractivity contribution in [3.8, 4) is 17.2 Å². The number of carbonyl (C=O) groups is 2. The number of hydrogen-bond donors (Lipinski definition) is 1. The van der Waals surface area contributed by atoms with Gasteiger partial charge < -0.3 is 24.4 Å². The second-order valence-corrected chi connectivity index (χ2v) is 5.90. The molecule has 0 aromatic heterocycles. The van der Waals surface area contributed by atoms with E-state index >= 15 is 0 Å². The Morgan fingerprint density at radius 3 is 2.36 bits per heavy atom. The molecule has 0 aliphatic heterocycles. The summed E-state index contributed by atoms with van der Waals surface area (Å²) < 4.78 is 16.0. The molecule has 2 amide bonds. The Hall–Kier alpha value is -3.22. The van der Waals surface area contributed by atoms with Crippen LogP contribution >= 0.6 is 0 Å². The van der Waals surface area contributed by atoms with Crippen LogP contribution in [-0.2, 0) is 4.79 Å². The Bertz CT molecular complexity index is 822. The van der Waals surface area contributed by atoms with Gasteiger partial charge in [0.15, 0.2) is 11.5 Å². The summed E-state index contributed by atoms with van der Waals surface area (Å²) in [5, 5.41) is 2.82. The van der Waals surface area contributed by atoms with Crippen molar-refractivity contribution in [3.05, 3.63) is 48.0 Å². The number of ether oxygens (including phenoxy) is 3. The lowest BCUT2D eigenvalue weighted by atomic mass is 10.2. The predicted octanol–water partition coefficient (Wildman–Crippen LogP) is 2.89. The second-order valence-electron chi connectivity index (χ2n) is 5.90. The normalized spacial score (nSPS) is 10.1. The standard InChI is InChI=1S/C21H26N2O5/c1-5-28-18-9-7-6-8-17(18)23(15(2)24)13-12-22-21(25)16-10-11-19(26-3)20(14-16)27-4/h6-11,14H,5,12-13H2,1-4H3,(H,22,25). The molecule has 0 aliphatic carbocycles. The van der Waals surface area contributed by atoms with E-state index in [1.807, 2.05) is 31.2 Å². The highest BCUT2D eigenvalue weighted by atomic mass is 16.5. The van der Waals surface area contributed by atoms with Crippen LogP contribution in [0.2, 0.25) is 0 Å². The molecule has 0 saturated heterocycles. The van der Waals surface area contributed by atoms with Gasteiger partial charge in [0.05, 0.1) is 26.5 Å². The first-order valence-corrected chi connectivity index (χ1v) is 9.02. The van der Waals surface area contributed by atoms with Crippen molar-refractivity contribution in [3.63, 3.8) is 0 Å². The summed E-state index contributed by atoms with van der Waals surface area (Å²) in [6.07, 6.45) is 0. The summed E-state index contributed by atoms with van der Waals surface area (Å²) in [4.78, 5) is 26.1. The predicted molar refractivity (Wildman–Crippen MR) is 108 cm³/mol. The van der Waals surface area contributed by atoms with Crippen molar-refractivity contribution in [2.75, 3.05) is 38.8 Å². The van der Waals surface area contributed by atoms with Crippen molar-refractivity contribution >= 4 is 17.5 Å². The molecule has 0 radical (unpaired) electrons. The molecule has 0 spiro atoms. The number of amides is 2. The minimum atomic E-state index is -0.262. The van der Waals surface area contributed by atoms with Gasteiger partial charge in [-0.25, -0.2) is 0 Å². The van der Waals surface area contributed by atoms with E-state index in [9.17, 15) is 9.59 Å². The maximum atomic E-state index is 12.4. The van der Waals surface area contributed by atoms with Crippen LogP contribution in [0, 0.1) is 0 Å². The monoisotopic (exact) mass is 386 g/mol. The highest BCUT2D eigenvalue weighted by Gasteiger charge is 2.17. The topological polar surface area (TPSA) is 77.1 Å². The van der Waals surface area contributed by atoms with Crippen molar-refractivity contribution in [2.24, 2.45) is 0 Å². The molecule has 0 aliphatic rings. The molecule has 1 N–H and O–H groups in total. The Balaban J connectivity index is 2.05. The van der Waals surface area contributed by atoms with Gasteiger partial charge in [-0.2, -0.15) is 0 Å². The van der Waals surface area contributed by atoms with Crippen molar-refractivity contribution < 1.29 is 23.8 Å². The van der Waals surface area contributed by atoms with Gasteiger partial charge in [-0.05, 0) is 37.3 Å². The summed E-state index contributed by atoms with van der Waals surface area (Å²) >= 11 is 0. The molecule has 0 fully saturated rings. The van der Waals surface area contributed by atoms with Crippen molar-refractivity contribution in [1.29, 1.82) is 0 Å². The molecule has 150 valence electrons. The van der Waals surface area contributed by atoms with Gasteiger partial charge in [0.25, 0.3) is 5.91 Å². The largest absolute Gasteiger partial charge is 0.493 e. The SMILES string of the molecule is CCOc1ccccc1N(CCNC(=O)c1ccc(OC)c(OC)c1)C(C)=O. The number of rotatable bonds is 9. The second kappa shape index (κ2) is 10.2. The molecule has 0 atom stereocenters. The van der Waals surface area contributed by atoms with Gasteiger partial charge in [0.2, 0.25) is 5.91 Å². The number of carbonyl (C=O) groups excluding carboxylic acids is 2. The Labute approximate surface area is 165 Å². The highest BCUT2D eigenvalue weighted by Crippen LogP contribution is 2.28. The lowest BCUT2D eigenvalue weighted by Gasteiger charge is -2.23. The first kappa shape index (κ1) is 21.1. The lowest BCUT2D eigenvalue weighted by molar-refractivity contribution is -0.116. The van der Waals surface area contributed by atoms with Crippen LogP contribution < -0.4 is 24.4 Å². The zero-order valence-corrected chi connectivity index (χ0v) is 16.7. The van der Waals surface area contributed by atoms with Crippen LogP contribution in [0.15, 0.2) is 42.5 Å². The van der Waals surface area contributed by atoms with Gasteiger partial charge in [-0.1, -0.05) is 12.1 Å². The molecule has 28 heavy (non-hydrogen) atoms. The molecule has 2 aromatic rings. The minimum absolute atomic E-state index is 0.132. The van der Waals surface area contributed by atoms with Gasteiger partial charge in [-0.15, -0.1) is 0 Å². The number of para-hydroxylation sites is 2. The Morgan fingerprint density at radius 2 is 1.71 bits per heavy atom. The van der Waals surface area contributed by atoms with Crippen LogP contribution in [0.4, 0.5) is 5.69 Å². The third-order valence-corrected chi connectivity index (χ3v) is 4.10. The zero-order chi connectivity index (χ0) is 20.5. The quantitative estimate of drug-likeness (QED) is 0.717. The lowest BCUT2D eigenvalue weighted by Crippen LogP contribution is -2.37. The van der Waals surface area contributed by atoms with Crippen LogP contribution in [0.25, 0.3) is 0 Å². The minimum Gasteiger partial charge on any atom is -0.493 e. The number of nitrogens with one attached hydrogen (secondary N) is 1. The number of nitrogens with zero attached hydrogens (tertiary/aromatic N) is 1. The molecular weight excluding hydrogens is 360 g/mol. The van der Waals surface area contributed by atoms with Crippen molar-refractivity contribution in [1.82, 2.24) is 5.32 Å². The highest BCUT2D eigenvalue weighted by molar-refractivity contribution is 5.95. The molecule has 7 nitrogen and oxygen atoms in total. The van der Waals surface area contributed by atoms with Crippen LogP contribution in [-0.4, -0.2) is 45.7 Å². The third kappa shape index (κ3) is 5.16. The van der Waals surface area contributed by atoms with Gasteiger partial charge in [0, 0.05) is 25.6 Å². The molecular formula is C21H26N2O5. The number of benzene rings is 2. The first-order chi connectivity index (χ1) is 13.5. The fraction of sp³-hybridized carbons (Fsp3) is 0.333. The number of methoxy groups -OCH3 is 2. The van der Waals surface area contributed by atoms with Gasteiger partial charge in [-0.3, -0.25) is 9.59 Å². The van der Waals surface area contributed by atoms with E-state index < -0.39 is 0 Å². The summed E-state index contributed by atoms with van der Waals surface area (Å²) in [7, 11) is 3.05. The number of anilines is 1. The zero-order valence-electron chi connectivity index (χ0n) is 16.7. The molecule has 2 aromatic carbocycles. The van der Waals surface area contributed by atoms with E-state index in [0.717, 1.165) is 0 Å². The summed E-state index contributed by atoms with van der Waals surface area (Å²) in [6.45, 7) is 4.47. The van der Waals surface area contributed by atoms with Crippen LogP contribution in [0.5, 0.6) is 17.2 Å². The smallest absolute Gasteiger partial charge is 0.251 e. The fourth-order valence-corrected chi connectivity index (χ4v) is 2.77. The molecule has 0 unspecified atom stereocenters. The van der Waals surface area contributed by atoms with E-state index in [2.05, 4.69) is 5.32 Å². The summed E-state index contributed by atoms with van der Waals surface area (Å²) in [5.74, 6) is 1.27. The Kier molecular flexibility index (Phi) is 7.68. The van der Waals surface area contributed by atoms with E-state index in [1.54, 1.807) is 23.1 Å². The molecule has 0 heterocycles. The molecule has 0 bridgehead atoms. The number of hydrogen-bond acceptors (Lipinski definition) is 5. The first-order valence-electron chi connectivity index (χ1n) is 9.02. The maximum absolute atomic E-state index is 12.4. The third-order valence-electron chi connectivity index (χ3n) is 4.10. The summed E-state index contributed by atoms with van der Waals surface area (Å²) in [6, 6.07) is 12.3. The van der Waals surface area contributed by atoms with Crippen LogP contribution in [0.3, 0.4) is 0 Å². The van der Waals surface area contributed by atoms with Crippen molar-refractivity contribution in [2.45, 2.75) is 13.8 Å².